The first kappa shape index (κ1) is 13.1. The van der Waals surface area contributed by atoms with Crippen LogP contribution < -0.4 is 5.32 Å². The van der Waals surface area contributed by atoms with E-state index in [1.54, 1.807) is 0 Å². The first-order valence-electron chi connectivity index (χ1n) is 6.34. The fourth-order valence-electron chi connectivity index (χ4n) is 2.11. The van der Waals surface area contributed by atoms with E-state index in [0.29, 0.717) is 6.54 Å². The summed E-state index contributed by atoms with van der Waals surface area (Å²) in [6.45, 7) is 9.10. The van der Waals surface area contributed by atoms with Gasteiger partial charge in [-0.1, -0.05) is 0 Å². The minimum Gasteiger partial charge on any atom is -0.459 e. The topological polar surface area (TPSA) is 56.2 Å². The van der Waals surface area contributed by atoms with Crippen molar-refractivity contribution in [3.63, 3.8) is 0 Å². The van der Waals surface area contributed by atoms with Crippen molar-refractivity contribution < 1.29 is 9.53 Å². The normalized spacial score (nSPS) is 20.1. The Balaban J connectivity index is 2.02. The number of nitrogens with one attached hydrogen (secondary N) is 1. The molecule has 0 saturated heterocycles. The SMILES string of the molecule is Cc1cnc2n1CCC(C(=O)OC(C)(C)C)NC2. The number of carbonyl (C=O) groups excluding carboxylic acids is 1. The summed E-state index contributed by atoms with van der Waals surface area (Å²) >= 11 is 0. The van der Waals surface area contributed by atoms with E-state index in [9.17, 15) is 4.79 Å². The van der Waals surface area contributed by atoms with Crippen molar-refractivity contribution in [2.45, 2.75) is 58.8 Å². The Kier molecular flexibility index (Phi) is 3.43. The third-order valence-electron chi connectivity index (χ3n) is 2.98. The van der Waals surface area contributed by atoms with Gasteiger partial charge < -0.3 is 9.30 Å². The molecule has 0 saturated carbocycles. The van der Waals surface area contributed by atoms with Crippen molar-refractivity contribution in [1.82, 2.24) is 14.9 Å². The molecule has 0 fully saturated rings. The monoisotopic (exact) mass is 251 g/mol. The third-order valence-corrected chi connectivity index (χ3v) is 2.98. The maximum absolute atomic E-state index is 12.0. The first-order valence-corrected chi connectivity index (χ1v) is 6.34. The zero-order valence-corrected chi connectivity index (χ0v) is 11.5. The number of nitrogens with zero attached hydrogens (tertiary/aromatic N) is 2. The van der Waals surface area contributed by atoms with Gasteiger partial charge in [0.15, 0.2) is 0 Å². The van der Waals surface area contributed by atoms with E-state index >= 15 is 0 Å². The molecular weight excluding hydrogens is 230 g/mol. The van der Waals surface area contributed by atoms with Gasteiger partial charge in [-0.15, -0.1) is 0 Å². The van der Waals surface area contributed by atoms with Crippen molar-refractivity contribution >= 4 is 5.97 Å². The second kappa shape index (κ2) is 4.72. The number of esters is 1. The Hall–Kier alpha value is -1.36. The largest absolute Gasteiger partial charge is 0.459 e. The van der Waals surface area contributed by atoms with E-state index in [1.807, 2.05) is 33.9 Å². The Bertz CT molecular complexity index is 446. The molecule has 0 spiro atoms. The minimum absolute atomic E-state index is 0.175. The van der Waals surface area contributed by atoms with Crippen LogP contribution >= 0.6 is 0 Å². The van der Waals surface area contributed by atoms with Crippen LogP contribution in [0.15, 0.2) is 6.20 Å². The standard InChI is InChI=1S/C13H21N3O2/c1-9-7-15-11-8-14-10(5-6-16(9)11)12(17)18-13(2,3)4/h7,10,14H,5-6,8H2,1-4H3. The lowest BCUT2D eigenvalue weighted by atomic mass is 10.1. The minimum atomic E-state index is -0.436. The molecule has 0 amide bonds. The van der Waals surface area contributed by atoms with Crippen LogP contribution in [-0.4, -0.2) is 27.2 Å². The summed E-state index contributed by atoms with van der Waals surface area (Å²) in [6.07, 6.45) is 2.60. The van der Waals surface area contributed by atoms with Gasteiger partial charge in [0.1, 0.15) is 17.5 Å². The molecule has 5 nitrogen and oxygen atoms in total. The van der Waals surface area contributed by atoms with Crippen LogP contribution in [0.1, 0.15) is 38.7 Å². The molecule has 2 rings (SSSR count). The molecule has 1 aromatic heterocycles. The second-order valence-electron chi connectivity index (χ2n) is 5.72. The lowest BCUT2D eigenvalue weighted by molar-refractivity contribution is -0.157. The first-order chi connectivity index (χ1) is 8.37. The number of rotatable bonds is 1. The maximum atomic E-state index is 12.0. The number of hydrogen-bond donors (Lipinski definition) is 1. The molecule has 0 bridgehead atoms. The van der Waals surface area contributed by atoms with Crippen molar-refractivity contribution in [3.8, 4) is 0 Å². The molecule has 0 radical (unpaired) electrons. The molecular formula is C13H21N3O2. The van der Waals surface area contributed by atoms with Crippen molar-refractivity contribution in [2.24, 2.45) is 0 Å². The summed E-state index contributed by atoms with van der Waals surface area (Å²) in [4.78, 5) is 16.3. The molecule has 0 aliphatic carbocycles. The van der Waals surface area contributed by atoms with Crippen LogP contribution in [0.5, 0.6) is 0 Å². The fraction of sp³-hybridized carbons (Fsp3) is 0.692. The zero-order valence-electron chi connectivity index (χ0n) is 11.5. The van der Waals surface area contributed by atoms with Crippen LogP contribution in [0, 0.1) is 6.92 Å². The summed E-state index contributed by atoms with van der Waals surface area (Å²) < 4.78 is 7.56. The van der Waals surface area contributed by atoms with Crippen LogP contribution in [0.4, 0.5) is 0 Å². The smallest absolute Gasteiger partial charge is 0.323 e. The molecule has 1 atom stereocenters. The fourth-order valence-corrected chi connectivity index (χ4v) is 2.11. The Labute approximate surface area is 108 Å². The van der Waals surface area contributed by atoms with E-state index in [0.717, 1.165) is 24.5 Å². The van der Waals surface area contributed by atoms with E-state index in [-0.39, 0.29) is 12.0 Å². The lowest BCUT2D eigenvalue weighted by Gasteiger charge is -2.23. The molecule has 1 aromatic rings. The molecule has 18 heavy (non-hydrogen) atoms. The highest BCUT2D eigenvalue weighted by molar-refractivity contribution is 5.76. The highest BCUT2D eigenvalue weighted by Gasteiger charge is 2.27. The molecule has 1 aliphatic heterocycles. The van der Waals surface area contributed by atoms with Crippen molar-refractivity contribution in [2.75, 3.05) is 0 Å². The van der Waals surface area contributed by atoms with Gasteiger partial charge in [-0.2, -0.15) is 0 Å². The van der Waals surface area contributed by atoms with Gasteiger partial charge in [0, 0.05) is 18.4 Å². The summed E-state index contributed by atoms with van der Waals surface area (Å²) in [5, 5.41) is 3.22. The predicted molar refractivity (Wildman–Crippen MR) is 68.1 cm³/mol. The Morgan fingerprint density at radius 1 is 1.56 bits per heavy atom. The molecule has 1 N–H and O–H groups in total. The van der Waals surface area contributed by atoms with Gasteiger partial charge >= 0.3 is 5.97 Å². The van der Waals surface area contributed by atoms with Gasteiger partial charge in [0.25, 0.3) is 0 Å². The zero-order chi connectivity index (χ0) is 13.3. The number of fused-ring (bicyclic) bond motifs is 1. The molecule has 2 heterocycles. The van der Waals surface area contributed by atoms with E-state index in [1.165, 1.54) is 0 Å². The quantitative estimate of drug-likeness (QED) is 0.766. The van der Waals surface area contributed by atoms with Crippen LogP contribution in [0.3, 0.4) is 0 Å². The van der Waals surface area contributed by atoms with E-state index < -0.39 is 5.60 Å². The lowest BCUT2D eigenvalue weighted by Crippen LogP contribution is -2.40. The van der Waals surface area contributed by atoms with Crippen LogP contribution in [0.25, 0.3) is 0 Å². The van der Waals surface area contributed by atoms with Crippen molar-refractivity contribution in [3.05, 3.63) is 17.7 Å². The average Bonchev–Trinajstić information content (AvgIpc) is 2.48. The van der Waals surface area contributed by atoms with Gasteiger partial charge in [0.05, 0.1) is 6.54 Å². The van der Waals surface area contributed by atoms with Crippen LogP contribution in [0.2, 0.25) is 0 Å². The van der Waals surface area contributed by atoms with Crippen molar-refractivity contribution in [1.29, 1.82) is 0 Å². The second-order valence-corrected chi connectivity index (χ2v) is 5.72. The molecule has 1 unspecified atom stereocenters. The number of imidazole rings is 1. The van der Waals surface area contributed by atoms with Gasteiger partial charge in [-0.25, -0.2) is 4.98 Å². The Morgan fingerprint density at radius 3 is 2.94 bits per heavy atom. The van der Waals surface area contributed by atoms with Crippen LogP contribution in [-0.2, 0) is 22.6 Å². The van der Waals surface area contributed by atoms with Gasteiger partial charge in [0.2, 0.25) is 0 Å². The number of carbonyl (C=O) groups is 1. The Morgan fingerprint density at radius 2 is 2.28 bits per heavy atom. The predicted octanol–water partition coefficient (Wildman–Crippen LogP) is 1.40. The molecule has 5 heteroatoms. The summed E-state index contributed by atoms with van der Waals surface area (Å²) in [6, 6.07) is -0.245. The van der Waals surface area contributed by atoms with Gasteiger partial charge in [-0.3, -0.25) is 10.1 Å². The maximum Gasteiger partial charge on any atom is 0.323 e. The number of hydrogen-bond acceptors (Lipinski definition) is 4. The highest BCUT2D eigenvalue weighted by Crippen LogP contribution is 2.15. The number of aromatic nitrogens is 2. The average molecular weight is 251 g/mol. The number of ether oxygens (including phenoxy) is 1. The molecule has 0 aromatic carbocycles. The summed E-state index contributed by atoms with van der Waals surface area (Å²) in [7, 11) is 0. The number of aryl methyl sites for hydroxylation is 1. The third kappa shape index (κ3) is 2.90. The van der Waals surface area contributed by atoms with E-state index in [4.69, 9.17) is 4.74 Å². The van der Waals surface area contributed by atoms with Gasteiger partial charge in [-0.05, 0) is 34.1 Å². The van der Waals surface area contributed by atoms with E-state index in [2.05, 4.69) is 14.9 Å². The summed E-state index contributed by atoms with van der Waals surface area (Å²) in [5.41, 5.74) is 0.700. The molecule has 1 aliphatic rings. The summed E-state index contributed by atoms with van der Waals surface area (Å²) in [5.74, 6) is 0.810. The highest BCUT2D eigenvalue weighted by atomic mass is 16.6. The molecule has 100 valence electrons.